The first-order chi connectivity index (χ1) is 3.47. The molecule has 0 aromatic heterocycles. The van der Waals surface area contributed by atoms with Crippen LogP contribution in [0.2, 0.25) is 0 Å². The van der Waals surface area contributed by atoms with E-state index < -0.39 is 0 Å². The highest BCUT2D eigenvalue weighted by Gasteiger charge is 2.09. The van der Waals surface area contributed by atoms with Gasteiger partial charge >= 0.3 is 0 Å². The highest BCUT2D eigenvalue weighted by atomic mass is 14.1. The second kappa shape index (κ2) is 0.890. The largest absolute Gasteiger partial charge is 0.0729 e. The van der Waals surface area contributed by atoms with Gasteiger partial charge in [0.2, 0.25) is 0 Å². The summed E-state index contributed by atoms with van der Waals surface area (Å²) in [7, 11) is 0. The van der Waals surface area contributed by atoms with Gasteiger partial charge in [0.05, 0.1) is 0 Å². The summed E-state index contributed by atoms with van der Waals surface area (Å²) >= 11 is 0. The van der Waals surface area contributed by atoms with E-state index in [0.717, 1.165) is 6.42 Å². The van der Waals surface area contributed by atoms with Crippen molar-refractivity contribution in [3.63, 3.8) is 0 Å². The molecule has 0 nitrogen and oxygen atoms in total. The van der Waals surface area contributed by atoms with Crippen LogP contribution in [0.3, 0.4) is 0 Å². The Labute approximate surface area is 42.8 Å². The molecular weight excluding hydrogens is 84.1 g/mol. The van der Waals surface area contributed by atoms with Gasteiger partial charge in [0.25, 0.3) is 0 Å². The summed E-state index contributed by atoms with van der Waals surface area (Å²) in [4.78, 5) is 0. The lowest BCUT2D eigenvalue weighted by Gasteiger charge is -2.05. The van der Waals surface area contributed by atoms with Crippen LogP contribution < -0.4 is 0 Å². The van der Waals surface area contributed by atoms with Crippen LogP contribution in [0.15, 0.2) is 35.5 Å². The molecule has 0 unspecified atom stereocenters. The van der Waals surface area contributed by atoms with Crippen molar-refractivity contribution >= 4 is 0 Å². The molecule has 0 N–H and O–H groups in total. The van der Waals surface area contributed by atoms with Gasteiger partial charge in [-0.2, -0.15) is 0 Å². The molecule has 0 spiro atoms. The maximum absolute atomic E-state index is 2.25. The van der Waals surface area contributed by atoms with Gasteiger partial charge in [-0.15, -0.1) is 0 Å². The summed E-state index contributed by atoms with van der Waals surface area (Å²) < 4.78 is 0. The van der Waals surface area contributed by atoms with Crippen molar-refractivity contribution in [1.29, 1.82) is 0 Å². The molecule has 0 amide bonds. The van der Waals surface area contributed by atoms with Crippen LogP contribution in [0, 0.1) is 0 Å². The lowest BCUT2D eigenvalue weighted by Crippen LogP contribution is -1.86. The average molecular weight is 90.1 g/mol. The molecule has 2 aliphatic rings. The maximum atomic E-state index is 2.25. The molecule has 0 heterocycles. The van der Waals surface area contributed by atoms with Crippen molar-refractivity contribution in [2.75, 3.05) is 0 Å². The van der Waals surface area contributed by atoms with Crippen LogP contribution in [0.5, 0.6) is 0 Å². The first-order valence-corrected chi connectivity index (χ1v) is 2.55. The molecule has 0 heteroatoms. The number of hydrogen-bond donors (Lipinski definition) is 0. The van der Waals surface area contributed by atoms with E-state index in [1.54, 1.807) is 0 Å². The Bertz CT molecular complexity index is 160. The molecule has 0 bridgehead atoms. The van der Waals surface area contributed by atoms with Gasteiger partial charge in [-0.05, 0) is 17.6 Å². The number of fused-ring (bicyclic) bond motifs is 1. The zero-order valence-corrected chi connectivity index (χ0v) is 4.02. The molecular formula is C7H6. The summed E-state index contributed by atoms with van der Waals surface area (Å²) in [5, 5.41) is 0. The van der Waals surface area contributed by atoms with Gasteiger partial charge in [-0.1, -0.05) is 24.3 Å². The Balaban J connectivity index is 2.62. The van der Waals surface area contributed by atoms with Crippen LogP contribution >= 0.6 is 0 Å². The summed E-state index contributed by atoms with van der Waals surface area (Å²) in [5.74, 6) is 0. The monoisotopic (exact) mass is 90.0 g/mol. The van der Waals surface area contributed by atoms with E-state index in [1.165, 1.54) is 11.1 Å². The summed E-state index contributed by atoms with van der Waals surface area (Å²) in [6.07, 6.45) is 9.94. The van der Waals surface area contributed by atoms with Gasteiger partial charge < -0.3 is 0 Å². The van der Waals surface area contributed by atoms with Gasteiger partial charge in [0.15, 0.2) is 0 Å². The minimum absolute atomic E-state index is 1.15. The normalized spacial score (nSPS) is 22.9. The zero-order chi connectivity index (χ0) is 4.69. The van der Waals surface area contributed by atoms with E-state index in [1.807, 2.05) is 0 Å². The van der Waals surface area contributed by atoms with Crippen LogP contribution in [-0.2, 0) is 0 Å². The highest BCUT2D eigenvalue weighted by Crippen LogP contribution is 2.28. The first kappa shape index (κ1) is 3.25. The Kier molecular flexibility index (Phi) is 0.413. The molecule has 7 heavy (non-hydrogen) atoms. The Morgan fingerprint density at radius 1 is 1.00 bits per heavy atom. The van der Waals surface area contributed by atoms with E-state index in [4.69, 9.17) is 0 Å². The Morgan fingerprint density at radius 3 is 1.86 bits per heavy atom. The molecule has 2 rings (SSSR count). The lowest BCUT2D eigenvalue weighted by atomic mass is 10.00. The fourth-order valence-corrected chi connectivity index (χ4v) is 0.960. The third kappa shape index (κ3) is 0.268. The Morgan fingerprint density at radius 2 is 1.57 bits per heavy atom. The van der Waals surface area contributed by atoms with Crippen molar-refractivity contribution in [2.45, 2.75) is 6.42 Å². The van der Waals surface area contributed by atoms with E-state index in [0.29, 0.717) is 0 Å². The molecule has 0 aliphatic heterocycles. The molecule has 0 atom stereocenters. The topological polar surface area (TPSA) is 0 Å². The Hall–Kier alpha value is -0.780. The standard InChI is InChI=1S/C7H6/c1-2-6-4-5-7(6)3-1/h2-5H,1H2. The molecule has 0 aromatic carbocycles. The number of rotatable bonds is 0. The third-order valence-electron chi connectivity index (χ3n) is 1.45. The van der Waals surface area contributed by atoms with Crippen LogP contribution in [0.25, 0.3) is 0 Å². The van der Waals surface area contributed by atoms with E-state index >= 15 is 0 Å². The summed E-state index contributed by atoms with van der Waals surface area (Å²) in [6.45, 7) is 0. The fourth-order valence-electron chi connectivity index (χ4n) is 0.960. The van der Waals surface area contributed by atoms with E-state index in [9.17, 15) is 0 Å². The molecule has 0 aromatic rings. The van der Waals surface area contributed by atoms with Crippen molar-refractivity contribution in [2.24, 2.45) is 0 Å². The number of hydrogen-bond acceptors (Lipinski definition) is 0. The average Bonchev–Trinajstić information content (AvgIpc) is 1.85. The number of allylic oxidation sites excluding steroid dienone is 6. The second-order valence-electron chi connectivity index (χ2n) is 1.89. The zero-order valence-electron chi connectivity index (χ0n) is 4.02. The van der Waals surface area contributed by atoms with Gasteiger partial charge in [0, 0.05) is 0 Å². The molecule has 2 aliphatic carbocycles. The predicted octanol–water partition coefficient (Wildman–Crippen LogP) is 1.81. The lowest BCUT2D eigenvalue weighted by molar-refractivity contribution is 1.44. The van der Waals surface area contributed by atoms with Crippen LogP contribution in [-0.4, -0.2) is 0 Å². The quantitative estimate of drug-likeness (QED) is 0.425. The maximum Gasteiger partial charge on any atom is -0.0151 e. The van der Waals surface area contributed by atoms with Crippen LogP contribution in [0.1, 0.15) is 6.42 Å². The minimum atomic E-state index is 1.15. The summed E-state index contributed by atoms with van der Waals surface area (Å²) in [6, 6.07) is 0. The van der Waals surface area contributed by atoms with Gasteiger partial charge in [-0.25, -0.2) is 0 Å². The molecule has 0 saturated carbocycles. The van der Waals surface area contributed by atoms with Crippen molar-refractivity contribution in [1.82, 2.24) is 0 Å². The SMILES string of the molecule is C1=CC2=CCC=C12. The van der Waals surface area contributed by atoms with Crippen LogP contribution in [0.4, 0.5) is 0 Å². The predicted molar refractivity (Wildman–Crippen MR) is 29.9 cm³/mol. The third-order valence-corrected chi connectivity index (χ3v) is 1.45. The molecule has 34 valence electrons. The van der Waals surface area contributed by atoms with Crippen molar-refractivity contribution < 1.29 is 0 Å². The van der Waals surface area contributed by atoms with Crippen molar-refractivity contribution in [3.05, 3.63) is 35.5 Å². The van der Waals surface area contributed by atoms with E-state index in [2.05, 4.69) is 24.3 Å². The molecule has 0 saturated heterocycles. The first-order valence-electron chi connectivity index (χ1n) is 2.55. The summed E-state index contributed by atoms with van der Waals surface area (Å²) in [5.41, 5.74) is 2.89. The highest BCUT2D eigenvalue weighted by molar-refractivity contribution is 5.59. The molecule has 0 fully saturated rings. The second-order valence-corrected chi connectivity index (χ2v) is 1.89. The minimum Gasteiger partial charge on any atom is -0.0729 e. The van der Waals surface area contributed by atoms with Gasteiger partial charge in [0.1, 0.15) is 0 Å². The molecule has 0 radical (unpaired) electrons. The van der Waals surface area contributed by atoms with Gasteiger partial charge in [-0.3, -0.25) is 0 Å². The van der Waals surface area contributed by atoms with Crippen molar-refractivity contribution in [3.8, 4) is 0 Å². The smallest absolute Gasteiger partial charge is 0.0151 e. The fraction of sp³-hybridized carbons (Fsp3) is 0.143. The van der Waals surface area contributed by atoms with E-state index in [-0.39, 0.29) is 0 Å².